The standard InChI is InChI=1S/C30H45N4O9P/c1-8-9-13-20(18-38-26(35)28(2,3)4)33-44(37,42-21-14-11-10-12-15-21)39-19-22-24-30(7,43-29(5,6)41-24)25(40-22)34-17-16-23(31)32-27(34)36/h10-12,14-17,20,22,24-25H,8-9,13,18-19H2,1-7H3,(H,33,37)(H2,31,32,36)/t20-,22+,24+,25+,30+,44?/m0/s1. The van der Waals surface area contributed by atoms with Gasteiger partial charge in [-0.15, -0.1) is 0 Å². The van der Waals surface area contributed by atoms with E-state index in [0.717, 1.165) is 12.8 Å². The van der Waals surface area contributed by atoms with Crippen LogP contribution in [0.15, 0.2) is 47.4 Å². The molecule has 1 unspecified atom stereocenters. The van der Waals surface area contributed by atoms with Gasteiger partial charge in [-0.3, -0.25) is 13.9 Å². The minimum absolute atomic E-state index is 0.0253. The number of nitrogen functional groups attached to an aromatic ring is 1. The number of anilines is 1. The van der Waals surface area contributed by atoms with Crippen molar-refractivity contribution in [3.63, 3.8) is 0 Å². The molecule has 0 bridgehead atoms. The molecule has 0 saturated carbocycles. The number of nitrogens with zero attached hydrogens (tertiary/aromatic N) is 2. The molecule has 3 heterocycles. The van der Waals surface area contributed by atoms with E-state index < -0.39 is 54.7 Å². The van der Waals surface area contributed by atoms with Gasteiger partial charge in [-0.1, -0.05) is 38.0 Å². The monoisotopic (exact) mass is 636 g/mol. The zero-order chi connectivity index (χ0) is 32.3. The first kappa shape index (κ1) is 34.1. The molecule has 13 nitrogen and oxygen atoms in total. The lowest BCUT2D eigenvalue weighted by Crippen LogP contribution is -2.45. The second kappa shape index (κ2) is 13.3. The SMILES string of the molecule is CCCC[C@@H](COC(=O)C(C)(C)C)NP(=O)(OC[C@H]1O[C@@H](n2ccc(N)nc2=O)[C@]2(C)OC(C)(C)O[C@H]12)Oc1ccccc1. The number of hydrogen-bond acceptors (Lipinski definition) is 11. The van der Waals surface area contributed by atoms with E-state index in [1.54, 1.807) is 65.8 Å². The number of nitrogens with one attached hydrogen (secondary N) is 1. The lowest BCUT2D eigenvalue weighted by molar-refractivity contribution is -0.217. The van der Waals surface area contributed by atoms with Gasteiger partial charge in [-0.05, 0) is 66.2 Å². The van der Waals surface area contributed by atoms with Crippen LogP contribution in [0.3, 0.4) is 0 Å². The fraction of sp³-hybridized carbons (Fsp3) is 0.633. The Hall–Kier alpha value is -2.80. The maximum absolute atomic E-state index is 14.4. The highest BCUT2D eigenvalue weighted by Gasteiger charge is 2.64. The first-order chi connectivity index (χ1) is 20.6. The summed E-state index contributed by atoms with van der Waals surface area (Å²) >= 11 is 0. The van der Waals surface area contributed by atoms with Gasteiger partial charge < -0.3 is 29.2 Å². The van der Waals surface area contributed by atoms with Gasteiger partial charge >= 0.3 is 19.4 Å². The van der Waals surface area contributed by atoms with Gasteiger partial charge in [0.05, 0.1) is 18.1 Å². The fourth-order valence-electron chi connectivity index (χ4n) is 5.25. The van der Waals surface area contributed by atoms with Crippen LogP contribution in [0.1, 0.15) is 74.0 Å². The molecule has 0 amide bonds. The molecule has 3 N–H and O–H groups in total. The number of benzene rings is 1. The number of para-hydroxylation sites is 1. The number of carbonyl (C=O) groups excluding carboxylic acids is 1. The number of carbonyl (C=O) groups is 1. The number of fused-ring (bicyclic) bond motifs is 1. The minimum Gasteiger partial charge on any atom is -0.464 e. The van der Waals surface area contributed by atoms with Gasteiger partial charge in [0.1, 0.15) is 36.0 Å². The second-order valence-electron chi connectivity index (χ2n) is 12.8. The van der Waals surface area contributed by atoms with Crippen LogP contribution in [0.5, 0.6) is 5.75 Å². The number of esters is 1. The van der Waals surface area contributed by atoms with Crippen molar-refractivity contribution in [2.45, 2.75) is 104 Å². The quantitative estimate of drug-likeness (QED) is 0.233. The Morgan fingerprint density at radius 3 is 2.55 bits per heavy atom. The van der Waals surface area contributed by atoms with Crippen molar-refractivity contribution in [2.75, 3.05) is 18.9 Å². The number of rotatable bonds is 13. The molecular formula is C30H45N4O9P. The van der Waals surface area contributed by atoms with E-state index in [0.29, 0.717) is 12.2 Å². The summed E-state index contributed by atoms with van der Waals surface area (Å²) in [5, 5.41) is 3.02. The van der Waals surface area contributed by atoms with Gasteiger partial charge in [0, 0.05) is 6.20 Å². The Balaban J connectivity index is 1.59. The van der Waals surface area contributed by atoms with Crippen LogP contribution in [0, 0.1) is 5.41 Å². The Morgan fingerprint density at radius 1 is 1.20 bits per heavy atom. The summed E-state index contributed by atoms with van der Waals surface area (Å²) in [5.74, 6) is -0.987. The van der Waals surface area contributed by atoms with Crippen LogP contribution in [0.25, 0.3) is 0 Å². The summed E-state index contributed by atoms with van der Waals surface area (Å²) in [6.07, 6.45) is 1.23. The highest BCUT2D eigenvalue weighted by molar-refractivity contribution is 7.52. The third kappa shape index (κ3) is 8.07. The minimum atomic E-state index is -4.10. The average Bonchev–Trinajstić information content (AvgIpc) is 3.33. The van der Waals surface area contributed by atoms with Crippen molar-refractivity contribution in [3.05, 3.63) is 53.1 Å². The largest absolute Gasteiger partial charge is 0.464 e. The molecule has 0 aliphatic carbocycles. The summed E-state index contributed by atoms with van der Waals surface area (Å²) in [7, 11) is -4.10. The molecule has 2 saturated heterocycles. The first-order valence-electron chi connectivity index (χ1n) is 14.9. The predicted octanol–water partition coefficient (Wildman–Crippen LogP) is 4.57. The van der Waals surface area contributed by atoms with Crippen molar-refractivity contribution in [1.29, 1.82) is 0 Å². The Morgan fingerprint density at radius 2 is 1.91 bits per heavy atom. The maximum Gasteiger partial charge on any atom is 0.459 e. The van der Waals surface area contributed by atoms with E-state index in [1.165, 1.54) is 16.8 Å². The summed E-state index contributed by atoms with van der Waals surface area (Å²) in [4.78, 5) is 29.1. The number of unbranched alkanes of at least 4 members (excludes halogenated alkanes) is 1. The molecule has 2 aliphatic heterocycles. The van der Waals surface area contributed by atoms with E-state index in [1.807, 2.05) is 13.0 Å². The molecule has 0 radical (unpaired) electrons. The molecular weight excluding hydrogens is 591 g/mol. The van der Waals surface area contributed by atoms with Crippen LogP contribution in [-0.2, 0) is 32.8 Å². The predicted molar refractivity (Wildman–Crippen MR) is 163 cm³/mol. The highest BCUT2D eigenvalue weighted by Crippen LogP contribution is 2.52. The number of nitrogens with two attached hydrogens (primary N) is 1. The Bertz CT molecular complexity index is 1400. The fourth-order valence-corrected chi connectivity index (χ4v) is 6.82. The molecule has 2 aliphatic rings. The zero-order valence-corrected chi connectivity index (χ0v) is 27.4. The third-order valence-corrected chi connectivity index (χ3v) is 8.95. The van der Waals surface area contributed by atoms with Crippen LogP contribution < -0.4 is 21.0 Å². The zero-order valence-electron chi connectivity index (χ0n) is 26.5. The smallest absolute Gasteiger partial charge is 0.459 e. The molecule has 244 valence electrons. The summed E-state index contributed by atoms with van der Waals surface area (Å²) in [6, 6.07) is 9.59. The normalized spacial score (nSPS) is 26.5. The van der Waals surface area contributed by atoms with Crippen LogP contribution >= 0.6 is 7.75 Å². The topological polar surface area (TPSA) is 162 Å². The molecule has 44 heavy (non-hydrogen) atoms. The van der Waals surface area contributed by atoms with Gasteiger partial charge in [-0.25, -0.2) is 14.4 Å². The molecule has 4 rings (SSSR count). The van der Waals surface area contributed by atoms with Gasteiger partial charge in [0.15, 0.2) is 12.0 Å². The van der Waals surface area contributed by atoms with Crippen molar-refractivity contribution in [3.8, 4) is 5.75 Å². The molecule has 6 atom stereocenters. The molecule has 1 aromatic heterocycles. The van der Waals surface area contributed by atoms with Crippen molar-refractivity contribution >= 4 is 19.5 Å². The third-order valence-electron chi connectivity index (χ3n) is 7.33. The lowest BCUT2D eigenvalue weighted by atomic mass is 9.96. The summed E-state index contributed by atoms with van der Waals surface area (Å²) in [6.45, 7) is 12.4. The van der Waals surface area contributed by atoms with Gasteiger partial charge in [0.2, 0.25) is 0 Å². The molecule has 0 spiro atoms. The van der Waals surface area contributed by atoms with Crippen molar-refractivity contribution in [1.82, 2.24) is 14.6 Å². The molecule has 14 heteroatoms. The summed E-state index contributed by atoms with van der Waals surface area (Å²) < 4.78 is 52.0. The first-order valence-corrected chi connectivity index (χ1v) is 16.4. The number of hydrogen-bond donors (Lipinski definition) is 2. The maximum atomic E-state index is 14.4. The molecule has 2 aromatic rings. The Labute approximate surface area is 258 Å². The second-order valence-corrected chi connectivity index (χ2v) is 14.5. The number of aromatic nitrogens is 2. The van der Waals surface area contributed by atoms with Gasteiger partial charge in [0.25, 0.3) is 0 Å². The lowest BCUT2D eigenvalue weighted by Gasteiger charge is -2.30. The Kier molecular flexibility index (Phi) is 10.3. The van der Waals surface area contributed by atoms with Gasteiger partial charge in [-0.2, -0.15) is 4.98 Å². The van der Waals surface area contributed by atoms with E-state index in [4.69, 9.17) is 33.7 Å². The van der Waals surface area contributed by atoms with E-state index in [9.17, 15) is 14.2 Å². The molecule has 1 aromatic carbocycles. The van der Waals surface area contributed by atoms with Crippen LogP contribution in [-0.4, -0.2) is 58.4 Å². The molecule has 2 fully saturated rings. The van der Waals surface area contributed by atoms with Crippen LogP contribution in [0.4, 0.5) is 5.82 Å². The highest BCUT2D eigenvalue weighted by atomic mass is 31.2. The van der Waals surface area contributed by atoms with E-state index in [2.05, 4.69) is 10.1 Å². The summed E-state index contributed by atoms with van der Waals surface area (Å²) in [5.41, 5.74) is 3.27. The van der Waals surface area contributed by atoms with E-state index >= 15 is 0 Å². The van der Waals surface area contributed by atoms with E-state index in [-0.39, 0.29) is 25.0 Å². The average molecular weight is 637 g/mol. The van der Waals surface area contributed by atoms with Crippen LogP contribution in [0.2, 0.25) is 0 Å². The van der Waals surface area contributed by atoms with Crippen molar-refractivity contribution < 1.29 is 37.4 Å². The number of ether oxygens (including phenoxy) is 4. The van der Waals surface area contributed by atoms with Crippen molar-refractivity contribution in [2.24, 2.45) is 5.41 Å².